The molecule has 0 unspecified atom stereocenters. The van der Waals surface area contributed by atoms with Crippen molar-refractivity contribution >= 4 is 11.7 Å². The molecule has 7 nitrogen and oxygen atoms in total. The van der Waals surface area contributed by atoms with Crippen LogP contribution in [-0.2, 0) is 4.84 Å². The van der Waals surface area contributed by atoms with Gasteiger partial charge in [0.1, 0.15) is 36.2 Å². The number of hydrogen-bond donors (Lipinski definition) is 1. The van der Waals surface area contributed by atoms with Gasteiger partial charge in [0.05, 0.1) is 18.3 Å². The molecule has 0 aliphatic rings. The standard InChI is InChI=1S/C27H37NO6/c1-5-7-8-9-14-31-23-12-10-11-21(15-23)26(28-33-13-6-2)19-32-24-16-22(27(29)30)17-25(18-24)34-20(3)4/h10-12,15-18,20H,5-9,13-14,19H2,1-4H3,(H,29,30)/b28-26+. The minimum Gasteiger partial charge on any atom is -0.494 e. The van der Waals surface area contributed by atoms with Gasteiger partial charge in [-0.25, -0.2) is 4.79 Å². The first-order chi connectivity index (χ1) is 16.4. The van der Waals surface area contributed by atoms with Crippen LogP contribution in [0.1, 0.15) is 75.7 Å². The summed E-state index contributed by atoms with van der Waals surface area (Å²) in [6.07, 6.45) is 5.30. The number of carbonyl (C=O) groups is 1. The van der Waals surface area contributed by atoms with E-state index in [1.807, 2.05) is 45.0 Å². The molecule has 0 fully saturated rings. The van der Waals surface area contributed by atoms with E-state index in [1.54, 1.807) is 6.07 Å². The summed E-state index contributed by atoms with van der Waals surface area (Å²) in [5.41, 5.74) is 1.49. The summed E-state index contributed by atoms with van der Waals surface area (Å²) in [6, 6.07) is 12.3. The Morgan fingerprint density at radius 3 is 2.35 bits per heavy atom. The van der Waals surface area contributed by atoms with Crippen LogP contribution in [0.15, 0.2) is 47.6 Å². The van der Waals surface area contributed by atoms with E-state index >= 15 is 0 Å². The van der Waals surface area contributed by atoms with Crippen LogP contribution in [-0.4, -0.2) is 42.7 Å². The molecule has 0 spiro atoms. The molecule has 7 heteroatoms. The van der Waals surface area contributed by atoms with Crippen molar-refractivity contribution in [3.05, 3.63) is 53.6 Å². The van der Waals surface area contributed by atoms with Gasteiger partial charge in [0.15, 0.2) is 0 Å². The van der Waals surface area contributed by atoms with Crippen molar-refractivity contribution in [2.75, 3.05) is 19.8 Å². The topological polar surface area (TPSA) is 86.6 Å². The Labute approximate surface area is 202 Å². The molecule has 0 radical (unpaired) electrons. The molecule has 34 heavy (non-hydrogen) atoms. The summed E-state index contributed by atoms with van der Waals surface area (Å²) >= 11 is 0. The lowest BCUT2D eigenvalue weighted by atomic mass is 10.1. The van der Waals surface area contributed by atoms with E-state index in [9.17, 15) is 9.90 Å². The van der Waals surface area contributed by atoms with Crippen molar-refractivity contribution in [3.8, 4) is 17.2 Å². The number of carboxylic acids is 1. The normalized spacial score (nSPS) is 11.4. The zero-order chi connectivity index (χ0) is 24.8. The molecule has 0 bridgehead atoms. The first-order valence-electron chi connectivity index (χ1n) is 12.0. The molecule has 0 amide bonds. The fourth-order valence-corrected chi connectivity index (χ4v) is 3.13. The maximum atomic E-state index is 11.5. The SMILES string of the molecule is CCCCCCOc1cccc(/C(COc2cc(OC(C)C)cc(C(=O)O)c2)=N/OCCC)c1. The number of carboxylic acid groups (broad SMARTS) is 1. The van der Waals surface area contributed by atoms with E-state index in [1.165, 1.54) is 25.0 Å². The second kappa shape index (κ2) is 14.8. The van der Waals surface area contributed by atoms with E-state index in [2.05, 4.69) is 12.1 Å². The number of ether oxygens (including phenoxy) is 3. The highest BCUT2D eigenvalue weighted by Gasteiger charge is 2.13. The van der Waals surface area contributed by atoms with Crippen LogP contribution < -0.4 is 14.2 Å². The quantitative estimate of drug-likeness (QED) is 0.175. The molecule has 0 aliphatic carbocycles. The summed E-state index contributed by atoms with van der Waals surface area (Å²) in [7, 11) is 0. The zero-order valence-corrected chi connectivity index (χ0v) is 20.7. The molecular formula is C27H37NO6. The van der Waals surface area contributed by atoms with Gasteiger partial charge in [-0.3, -0.25) is 0 Å². The van der Waals surface area contributed by atoms with Crippen LogP contribution in [0.25, 0.3) is 0 Å². The highest BCUT2D eigenvalue weighted by atomic mass is 16.6. The second-order valence-corrected chi connectivity index (χ2v) is 8.26. The molecule has 2 aromatic carbocycles. The molecule has 1 N–H and O–H groups in total. The average Bonchev–Trinajstić information content (AvgIpc) is 2.80. The molecule has 2 rings (SSSR count). The van der Waals surface area contributed by atoms with E-state index < -0.39 is 5.97 Å². The minimum absolute atomic E-state index is 0.0901. The zero-order valence-electron chi connectivity index (χ0n) is 20.7. The third kappa shape index (κ3) is 9.73. The van der Waals surface area contributed by atoms with Crippen molar-refractivity contribution in [2.45, 2.75) is 65.9 Å². The highest BCUT2D eigenvalue weighted by Crippen LogP contribution is 2.25. The molecule has 186 valence electrons. The summed E-state index contributed by atoms with van der Waals surface area (Å²) in [4.78, 5) is 17.0. The maximum Gasteiger partial charge on any atom is 0.335 e. The number of unbranched alkanes of at least 4 members (excludes halogenated alkanes) is 3. The minimum atomic E-state index is -1.05. The fourth-order valence-electron chi connectivity index (χ4n) is 3.13. The van der Waals surface area contributed by atoms with Crippen molar-refractivity contribution < 1.29 is 28.9 Å². The number of hydrogen-bond acceptors (Lipinski definition) is 6. The smallest absolute Gasteiger partial charge is 0.335 e. The molecule has 2 aromatic rings. The van der Waals surface area contributed by atoms with E-state index in [-0.39, 0.29) is 18.3 Å². The van der Waals surface area contributed by atoms with Crippen LogP contribution in [0.5, 0.6) is 17.2 Å². The van der Waals surface area contributed by atoms with Gasteiger partial charge in [0, 0.05) is 11.6 Å². The summed E-state index contributed by atoms with van der Waals surface area (Å²) in [5, 5.41) is 13.7. The Kier molecular flexibility index (Phi) is 11.8. The molecule has 0 saturated carbocycles. The van der Waals surface area contributed by atoms with Crippen LogP contribution in [0.4, 0.5) is 0 Å². The number of oxime groups is 1. The first kappa shape index (κ1) is 27.0. The van der Waals surface area contributed by atoms with Gasteiger partial charge < -0.3 is 24.2 Å². The molecular weight excluding hydrogens is 434 g/mol. The number of nitrogens with zero attached hydrogens (tertiary/aromatic N) is 1. The Morgan fingerprint density at radius 1 is 0.882 bits per heavy atom. The van der Waals surface area contributed by atoms with Crippen LogP contribution >= 0.6 is 0 Å². The van der Waals surface area contributed by atoms with Crippen molar-refractivity contribution in [1.29, 1.82) is 0 Å². The fraction of sp³-hybridized carbons (Fsp3) is 0.481. The summed E-state index contributed by atoms with van der Waals surface area (Å²) < 4.78 is 17.5. The van der Waals surface area contributed by atoms with Crippen LogP contribution in [0, 0.1) is 0 Å². The first-order valence-corrected chi connectivity index (χ1v) is 12.0. The van der Waals surface area contributed by atoms with E-state index in [0.29, 0.717) is 30.4 Å². The molecule has 0 atom stereocenters. The molecule has 0 aromatic heterocycles. The molecule has 0 saturated heterocycles. The highest BCUT2D eigenvalue weighted by molar-refractivity contribution is 6.01. The third-order valence-electron chi connectivity index (χ3n) is 4.78. The molecule has 0 heterocycles. The van der Waals surface area contributed by atoms with Crippen molar-refractivity contribution in [2.24, 2.45) is 5.16 Å². The number of aromatic carboxylic acids is 1. The monoisotopic (exact) mass is 471 g/mol. The van der Waals surface area contributed by atoms with Gasteiger partial charge in [-0.2, -0.15) is 0 Å². The predicted molar refractivity (Wildman–Crippen MR) is 134 cm³/mol. The lowest BCUT2D eigenvalue weighted by Gasteiger charge is -2.14. The Morgan fingerprint density at radius 2 is 1.65 bits per heavy atom. The van der Waals surface area contributed by atoms with E-state index in [4.69, 9.17) is 19.0 Å². The summed E-state index contributed by atoms with van der Waals surface area (Å²) in [5.74, 6) is 0.520. The van der Waals surface area contributed by atoms with Crippen molar-refractivity contribution in [3.63, 3.8) is 0 Å². The Balaban J connectivity index is 2.17. The maximum absolute atomic E-state index is 11.5. The van der Waals surface area contributed by atoms with Gasteiger partial charge in [-0.05, 0) is 51.0 Å². The van der Waals surface area contributed by atoms with E-state index in [0.717, 1.165) is 30.6 Å². The average molecular weight is 472 g/mol. The van der Waals surface area contributed by atoms with Gasteiger partial charge in [0.2, 0.25) is 0 Å². The van der Waals surface area contributed by atoms with Crippen LogP contribution in [0.2, 0.25) is 0 Å². The summed E-state index contributed by atoms with van der Waals surface area (Å²) in [6.45, 7) is 9.19. The van der Waals surface area contributed by atoms with Gasteiger partial charge >= 0.3 is 5.97 Å². The Bertz CT molecular complexity index is 925. The predicted octanol–water partition coefficient (Wildman–Crippen LogP) is 6.34. The number of rotatable bonds is 16. The van der Waals surface area contributed by atoms with Crippen molar-refractivity contribution in [1.82, 2.24) is 0 Å². The van der Waals surface area contributed by atoms with Gasteiger partial charge in [-0.1, -0.05) is 50.4 Å². The van der Waals surface area contributed by atoms with Crippen LogP contribution in [0.3, 0.4) is 0 Å². The number of benzene rings is 2. The second-order valence-electron chi connectivity index (χ2n) is 8.26. The molecule has 0 aliphatic heterocycles. The lowest BCUT2D eigenvalue weighted by Crippen LogP contribution is -2.15. The third-order valence-corrected chi connectivity index (χ3v) is 4.78. The lowest BCUT2D eigenvalue weighted by molar-refractivity contribution is 0.0695. The Hall–Kier alpha value is -3.22. The largest absolute Gasteiger partial charge is 0.494 e. The van der Waals surface area contributed by atoms with Gasteiger partial charge in [-0.15, -0.1) is 0 Å². The van der Waals surface area contributed by atoms with Gasteiger partial charge in [0.25, 0.3) is 0 Å².